The van der Waals surface area contributed by atoms with E-state index in [1.807, 2.05) is 6.92 Å². The van der Waals surface area contributed by atoms with Crippen molar-refractivity contribution >= 4 is 0 Å². The Hall–Kier alpha value is -1.04. The number of hydrogen-bond acceptors (Lipinski definition) is 3. The average Bonchev–Trinajstić information content (AvgIpc) is 2.28. The Morgan fingerprint density at radius 1 is 1.39 bits per heavy atom. The Kier molecular flexibility index (Phi) is 4.27. The molecule has 1 aromatic rings. The lowest BCUT2D eigenvalue weighted by atomic mass is 10.00. The maximum absolute atomic E-state index is 13.5. The Bertz CT molecular complexity index is 394. The SMILES string of the molecule is CC1COCC(CC(O)c2c(F)cccc2F)N1. The zero-order valence-corrected chi connectivity index (χ0v) is 10.2. The molecule has 1 fully saturated rings. The van der Waals surface area contributed by atoms with E-state index in [4.69, 9.17) is 4.74 Å². The molecule has 1 saturated heterocycles. The molecule has 0 amide bonds. The van der Waals surface area contributed by atoms with Gasteiger partial charge in [-0.2, -0.15) is 0 Å². The van der Waals surface area contributed by atoms with Crippen molar-refractivity contribution < 1.29 is 18.6 Å². The van der Waals surface area contributed by atoms with Crippen molar-refractivity contribution in [1.82, 2.24) is 5.32 Å². The zero-order valence-electron chi connectivity index (χ0n) is 10.2. The number of hydrogen-bond donors (Lipinski definition) is 2. The van der Waals surface area contributed by atoms with E-state index in [0.717, 1.165) is 12.1 Å². The van der Waals surface area contributed by atoms with Gasteiger partial charge in [0.25, 0.3) is 0 Å². The van der Waals surface area contributed by atoms with Gasteiger partial charge in [0.2, 0.25) is 0 Å². The van der Waals surface area contributed by atoms with Crippen LogP contribution in [0.2, 0.25) is 0 Å². The van der Waals surface area contributed by atoms with E-state index in [9.17, 15) is 13.9 Å². The van der Waals surface area contributed by atoms with Crippen molar-refractivity contribution in [3.63, 3.8) is 0 Å². The summed E-state index contributed by atoms with van der Waals surface area (Å²) < 4.78 is 32.3. The minimum Gasteiger partial charge on any atom is -0.388 e. The van der Waals surface area contributed by atoms with Gasteiger partial charge in [0.1, 0.15) is 11.6 Å². The highest BCUT2D eigenvalue weighted by Crippen LogP contribution is 2.25. The normalized spacial score (nSPS) is 26.0. The number of ether oxygens (including phenoxy) is 1. The summed E-state index contributed by atoms with van der Waals surface area (Å²) in [5.74, 6) is -1.43. The maximum atomic E-state index is 13.5. The summed E-state index contributed by atoms with van der Waals surface area (Å²) in [5, 5.41) is 13.2. The summed E-state index contributed by atoms with van der Waals surface area (Å²) in [6.45, 7) is 3.01. The second-order valence-corrected chi connectivity index (χ2v) is 4.69. The Morgan fingerprint density at radius 3 is 2.67 bits per heavy atom. The Balaban J connectivity index is 2.05. The van der Waals surface area contributed by atoms with Gasteiger partial charge >= 0.3 is 0 Å². The zero-order chi connectivity index (χ0) is 13.1. The van der Waals surface area contributed by atoms with E-state index in [2.05, 4.69) is 5.32 Å². The third-order valence-electron chi connectivity index (χ3n) is 3.05. The van der Waals surface area contributed by atoms with Gasteiger partial charge in [0.05, 0.1) is 24.9 Å². The molecule has 0 aromatic heterocycles. The van der Waals surface area contributed by atoms with Crippen LogP contribution in [0, 0.1) is 11.6 Å². The predicted octanol–water partition coefficient (Wildman–Crippen LogP) is 1.77. The van der Waals surface area contributed by atoms with E-state index in [0.29, 0.717) is 13.2 Å². The smallest absolute Gasteiger partial charge is 0.131 e. The van der Waals surface area contributed by atoms with Crippen LogP contribution in [0.1, 0.15) is 25.0 Å². The molecule has 1 heterocycles. The van der Waals surface area contributed by atoms with Crippen molar-refractivity contribution in [2.24, 2.45) is 0 Å². The van der Waals surface area contributed by atoms with Crippen LogP contribution in [0.3, 0.4) is 0 Å². The highest BCUT2D eigenvalue weighted by molar-refractivity contribution is 5.22. The third kappa shape index (κ3) is 3.04. The van der Waals surface area contributed by atoms with Gasteiger partial charge in [-0.1, -0.05) is 6.07 Å². The molecule has 0 aliphatic carbocycles. The molecule has 0 spiro atoms. The number of benzene rings is 1. The van der Waals surface area contributed by atoms with Crippen LogP contribution in [-0.4, -0.2) is 30.4 Å². The van der Waals surface area contributed by atoms with Crippen LogP contribution in [0.5, 0.6) is 0 Å². The summed E-state index contributed by atoms with van der Waals surface area (Å²) >= 11 is 0. The second-order valence-electron chi connectivity index (χ2n) is 4.69. The molecule has 0 saturated carbocycles. The molecular formula is C13H17F2NO2. The van der Waals surface area contributed by atoms with Gasteiger partial charge in [-0.15, -0.1) is 0 Å². The molecule has 0 bridgehead atoms. The van der Waals surface area contributed by atoms with E-state index >= 15 is 0 Å². The minimum absolute atomic E-state index is 0.0947. The number of nitrogens with one attached hydrogen (secondary N) is 1. The van der Waals surface area contributed by atoms with Crippen LogP contribution in [0.4, 0.5) is 8.78 Å². The molecule has 5 heteroatoms. The molecule has 18 heavy (non-hydrogen) atoms. The summed E-state index contributed by atoms with van der Waals surface area (Å²) in [4.78, 5) is 0. The van der Waals surface area contributed by atoms with Crippen molar-refractivity contribution in [2.75, 3.05) is 13.2 Å². The lowest BCUT2D eigenvalue weighted by molar-refractivity contribution is 0.0292. The fourth-order valence-electron chi connectivity index (χ4n) is 2.24. The van der Waals surface area contributed by atoms with Gasteiger partial charge in [-0.25, -0.2) is 8.78 Å². The van der Waals surface area contributed by atoms with Gasteiger partial charge in [0.15, 0.2) is 0 Å². The van der Waals surface area contributed by atoms with E-state index in [-0.39, 0.29) is 24.1 Å². The third-order valence-corrected chi connectivity index (χ3v) is 3.05. The lowest BCUT2D eigenvalue weighted by Gasteiger charge is -2.30. The fourth-order valence-corrected chi connectivity index (χ4v) is 2.24. The first-order valence-corrected chi connectivity index (χ1v) is 6.03. The Labute approximate surface area is 105 Å². The van der Waals surface area contributed by atoms with Gasteiger partial charge in [0, 0.05) is 12.1 Å². The Morgan fingerprint density at radius 2 is 2.06 bits per heavy atom. The standard InChI is InChI=1S/C13H17F2NO2/c1-8-6-18-7-9(16-8)5-12(17)13-10(14)3-2-4-11(13)15/h2-4,8-9,12,16-17H,5-7H2,1H3. The number of halogens is 2. The monoisotopic (exact) mass is 257 g/mol. The van der Waals surface area contributed by atoms with Crippen molar-refractivity contribution in [1.29, 1.82) is 0 Å². The molecule has 1 aliphatic rings. The van der Waals surface area contributed by atoms with Crippen LogP contribution in [0.15, 0.2) is 18.2 Å². The fraction of sp³-hybridized carbons (Fsp3) is 0.538. The number of aliphatic hydroxyl groups excluding tert-OH is 1. The first kappa shape index (κ1) is 13.4. The molecule has 3 nitrogen and oxygen atoms in total. The number of morpholine rings is 1. The minimum atomic E-state index is -1.17. The van der Waals surface area contributed by atoms with E-state index < -0.39 is 17.7 Å². The molecule has 3 unspecified atom stereocenters. The topological polar surface area (TPSA) is 41.5 Å². The van der Waals surface area contributed by atoms with E-state index in [1.165, 1.54) is 6.07 Å². The maximum Gasteiger partial charge on any atom is 0.131 e. The summed E-state index contributed by atoms with van der Waals surface area (Å²) in [6.07, 6.45) is -0.944. The summed E-state index contributed by atoms with van der Waals surface area (Å²) in [6, 6.07) is 3.67. The molecule has 0 radical (unpaired) electrons. The quantitative estimate of drug-likeness (QED) is 0.867. The largest absolute Gasteiger partial charge is 0.388 e. The highest BCUT2D eigenvalue weighted by Gasteiger charge is 2.25. The highest BCUT2D eigenvalue weighted by atomic mass is 19.1. The van der Waals surface area contributed by atoms with Gasteiger partial charge in [-0.05, 0) is 25.5 Å². The van der Waals surface area contributed by atoms with Crippen molar-refractivity contribution in [2.45, 2.75) is 31.5 Å². The summed E-state index contributed by atoms with van der Waals surface area (Å²) in [7, 11) is 0. The second kappa shape index (κ2) is 5.73. The predicted molar refractivity (Wildman–Crippen MR) is 63.1 cm³/mol. The molecule has 2 rings (SSSR count). The van der Waals surface area contributed by atoms with Crippen LogP contribution < -0.4 is 5.32 Å². The van der Waals surface area contributed by atoms with Crippen molar-refractivity contribution in [3.8, 4) is 0 Å². The molecule has 1 aromatic carbocycles. The van der Waals surface area contributed by atoms with Crippen molar-refractivity contribution in [3.05, 3.63) is 35.4 Å². The molecule has 2 N–H and O–H groups in total. The van der Waals surface area contributed by atoms with Gasteiger partial charge in [-0.3, -0.25) is 0 Å². The first-order valence-electron chi connectivity index (χ1n) is 6.03. The molecular weight excluding hydrogens is 240 g/mol. The number of rotatable bonds is 3. The van der Waals surface area contributed by atoms with Crippen LogP contribution in [-0.2, 0) is 4.74 Å². The van der Waals surface area contributed by atoms with Crippen LogP contribution in [0.25, 0.3) is 0 Å². The van der Waals surface area contributed by atoms with Crippen LogP contribution >= 0.6 is 0 Å². The molecule has 3 atom stereocenters. The van der Waals surface area contributed by atoms with Gasteiger partial charge < -0.3 is 15.2 Å². The van der Waals surface area contributed by atoms with E-state index in [1.54, 1.807) is 0 Å². The molecule has 1 aliphatic heterocycles. The summed E-state index contributed by atoms with van der Waals surface area (Å²) in [5.41, 5.74) is -0.266. The number of aliphatic hydroxyl groups is 1. The first-order chi connectivity index (χ1) is 8.58. The lowest BCUT2D eigenvalue weighted by Crippen LogP contribution is -2.47. The average molecular weight is 257 g/mol. The molecule has 100 valence electrons.